The molecule has 0 N–H and O–H groups in total. The first kappa shape index (κ1) is 20.5. The van der Waals surface area contributed by atoms with Crippen molar-refractivity contribution >= 4 is 35.0 Å². The van der Waals surface area contributed by atoms with Crippen LogP contribution in [-0.2, 0) is 14.3 Å². The first-order valence-electron chi connectivity index (χ1n) is 9.59. The Morgan fingerprint density at radius 2 is 1.55 bits per heavy atom. The van der Waals surface area contributed by atoms with E-state index in [-0.39, 0.29) is 5.91 Å². The van der Waals surface area contributed by atoms with Gasteiger partial charge in [-0.2, -0.15) is 5.26 Å². The van der Waals surface area contributed by atoms with Gasteiger partial charge in [-0.15, -0.1) is 0 Å². The molecule has 1 heterocycles. The van der Waals surface area contributed by atoms with Crippen LogP contribution in [-0.4, -0.2) is 24.6 Å². The number of nitriles is 1. The van der Waals surface area contributed by atoms with Gasteiger partial charge in [0.25, 0.3) is 5.91 Å². The van der Waals surface area contributed by atoms with Crippen LogP contribution in [0.5, 0.6) is 5.75 Å². The summed E-state index contributed by atoms with van der Waals surface area (Å²) >= 11 is 1.60. The predicted molar refractivity (Wildman–Crippen MR) is 116 cm³/mol. The third-order valence-corrected chi connectivity index (χ3v) is 5.78. The van der Waals surface area contributed by atoms with Gasteiger partial charge in [0, 0.05) is 9.79 Å². The number of hydrogen-bond donors (Lipinski definition) is 0. The molecular weight excluding hydrogens is 412 g/mol. The Morgan fingerprint density at radius 3 is 2.13 bits per heavy atom. The molecule has 0 saturated heterocycles. The van der Waals surface area contributed by atoms with Crippen LogP contribution in [0.4, 0.5) is 11.4 Å². The standard InChI is InChI=1S/C24H18N2O4S/c1-16(30-18-12-10-17(14-25)11-13-18)24(28)29-15-23(27)26-19-6-2-4-8-21(19)31-22-9-5-3-7-20(22)26/h2-13,16H,15H2,1H3. The highest BCUT2D eigenvalue weighted by Gasteiger charge is 2.29. The molecule has 3 aromatic rings. The minimum atomic E-state index is -0.905. The van der Waals surface area contributed by atoms with E-state index in [0.717, 1.165) is 21.2 Å². The van der Waals surface area contributed by atoms with E-state index in [9.17, 15) is 9.59 Å². The van der Waals surface area contributed by atoms with Crippen molar-refractivity contribution in [3.63, 3.8) is 0 Å². The Labute approximate surface area is 184 Å². The molecule has 0 saturated carbocycles. The average Bonchev–Trinajstić information content (AvgIpc) is 2.81. The van der Waals surface area contributed by atoms with E-state index in [1.165, 1.54) is 0 Å². The fraction of sp³-hybridized carbons (Fsp3) is 0.125. The molecule has 0 aromatic heterocycles. The molecule has 154 valence electrons. The van der Waals surface area contributed by atoms with Crippen LogP contribution in [0.1, 0.15) is 12.5 Å². The largest absolute Gasteiger partial charge is 0.479 e. The minimum absolute atomic E-state index is 0.348. The average molecular weight is 430 g/mol. The molecule has 7 heteroatoms. The summed E-state index contributed by atoms with van der Waals surface area (Å²) in [5, 5.41) is 8.85. The van der Waals surface area contributed by atoms with E-state index in [0.29, 0.717) is 11.3 Å². The Kier molecular flexibility index (Phi) is 5.92. The van der Waals surface area contributed by atoms with Gasteiger partial charge in [-0.1, -0.05) is 36.0 Å². The highest BCUT2D eigenvalue weighted by atomic mass is 32.2. The summed E-state index contributed by atoms with van der Waals surface area (Å²) in [5.74, 6) is -0.560. The SMILES string of the molecule is CC(Oc1ccc(C#N)cc1)C(=O)OCC(=O)N1c2ccccc2Sc2ccccc21. The molecule has 31 heavy (non-hydrogen) atoms. The van der Waals surface area contributed by atoms with Gasteiger partial charge in [0.2, 0.25) is 0 Å². The summed E-state index contributed by atoms with van der Waals surface area (Å²) in [6.07, 6.45) is -0.905. The number of anilines is 2. The van der Waals surface area contributed by atoms with Crippen molar-refractivity contribution in [1.82, 2.24) is 0 Å². The summed E-state index contributed by atoms with van der Waals surface area (Å²) < 4.78 is 10.8. The highest BCUT2D eigenvalue weighted by Crippen LogP contribution is 2.47. The van der Waals surface area contributed by atoms with Gasteiger partial charge in [0.05, 0.1) is 23.0 Å². The molecule has 3 aromatic carbocycles. The van der Waals surface area contributed by atoms with Crippen molar-refractivity contribution in [3.8, 4) is 11.8 Å². The predicted octanol–water partition coefficient (Wildman–Crippen LogP) is 4.70. The number of rotatable bonds is 5. The first-order valence-corrected chi connectivity index (χ1v) is 10.4. The number of benzene rings is 3. The van der Waals surface area contributed by atoms with E-state index in [4.69, 9.17) is 14.7 Å². The highest BCUT2D eigenvalue weighted by molar-refractivity contribution is 7.99. The molecular formula is C24H18N2O4S. The smallest absolute Gasteiger partial charge is 0.347 e. The van der Waals surface area contributed by atoms with Crippen molar-refractivity contribution in [2.24, 2.45) is 0 Å². The summed E-state index contributed by atoms with van der Waals surface area (Å²) in [6.45, 7) is 1.14. The normalized spacial score (nSPS) is 12.7. The van der Waals surface area contributed by atoms with Crippen molar-refractivity contribution in [2.75, 3.05) is 11.5 Å². The Hall–Kier alpha value is -3.76. The van der Waals surface area contributed by atoms with Crippen molar-refractivity contribution < 1.29 is 19.1 Å². The first-order chi connectivity index (χ1) is 15.1. The number of esters is 1. The van der Waals surface area contributed by atoms with E-state index in [1.807, 2.05) is 54.6 Å². The maximum atomic E-state index is 13.0. The molecule has 1 aliphatic heterocycles. The van der Waals surface area contributed by atoms with Crippen LogP contribution in [0, 0.1) is 11.3 Å². The maximum absolute atomic E-state index is 13.0. The monoisotopic (exact) mass is 430 g/mol. The zero-order valence-corrected chi connectivity index (χ0v) is 17.5. The van der Waals surface area contributed by atoms with Crippen LogP contribution < -0.4 is 9.64 Å². The van der Waals surface area contributed by atoms with Crippen LogP contribution in [0.15, 0.2) is 82.6 Å². The minimum Gasteiger partial charge on any atom is -0.479 e. The van der Waals surface area contributed by atoms with Crippen LogP contribution in [0.25, 0.3) is 0 Å². The number of hydrogen-bond acceptors (Lipinski definition) is 6. The Balaban J connectivity index is 1.44. The third-order valence-electron chi connectivity index (χ3n) is 4.65. The van der Waals surface area contributed by atoms with Crippen molar-refractivity contribution in [3.05, 3.63) is 78.4 Å². The van der Waals surface area contributed by atoms with E-state index < -0.39 is 18.7 Å². The summed E-state index contributed by atoms with van der Waals surface area (Å²) in [4.78, 5) is 28.9. The second-order valence-corrected chi connectivity index (χ2v) is 7.85. The molecule has 0 spiro atoms. The van der Waals surface area contributed by atoms with Gasteiger partial charge in [0.1, 0.15) is 5.75 Å². The van der Waals surface area contributed by atoms with Gasteiger partial charge >= 0.3 is 5.97 Å². The van der Waals surface area contributed by atoms with Crippen LogP contribution in [0.3, 0.4) is 0 Å². The number of carbonyl (C=O) groups excluding carboxylic acids is 2. The summed E-state index contributed by atoms with van der Waals surface area (Å²) in [5.41, 5.74) is 2.01. The molecule has 1 aliphatic rings. The van der Waals surface area contributed by atoms with Gasteiger partial charge in [-0.05, 0) is 55.5 Å². The molecule has 0 aliphatic carbocycles. The summed E-state index contributed by atoms with van der Waals surface area (Å²) in [6, 6.07) is 23.6. The van der Waals surface area contributed by atoms with Crippen molar-refractivity contribution in [2.45, 2.75) is 22.8 Å². The van der Waals surface area contributed by atoms with Crippen molar-refractivity contribution in [1.29, 1.82) is 5.26 Å². The number of carbonyl (C=O) groups is 2. The van der Waals surface area contributed by atoms with Gasteiger partial charge in [-0.3, -0.25) is 9.69 Å². The number of fused-ring (bicyclic) bond motifs is 2. The third kappa shape index (κ3) is 4.39. The van der Waals surface area contributed by atoms with E-state index in [1.54, 1.807) is 47.9 Å². The Bertz CT molecular complexity index is 1130. The zero-order chi connectivity index (χ0) is 21.8. The number of ether oxygens (including phenoxy) is 2. The Morgan fingerprint density at radius 1 is 0.968 bits per heavy atom. The fourth-order valence-corrected chi connectivity index (χ4v) is 4.21. The van der Waals surface area contributed by atoms with Crippen LogP contribution in [0.2, 0.25) is 0 Å². The van der Waals surface area contributed by atoms with Gasteiger partial charge in [0.15, 0.2) is 12.7 Å². The lowest BCUT2D eigenvalue weighted by Gasteiger charge is -2.30. The maximum Gasteiger partial charge on any atom is 0.347 e. The van der Waals surface area contributed by atoms with Gasteiger partial charge in [-0.25, -0.2) is 4.79 Å². The topological polar surface area (TPSA) is 79.6 Å². The van der Waals surface area contributed by atoms with Gasteiger partial charge < -0.3 is 9.47 Å². The number of para-hydroxylation sites is 2. The lowest BCUT2D eigenvalue weighted by Crippen LogP contribution is -2.35. The van der Waals surface area contributed by atoms with E-state index in [2.05, 4.69) is 0 Å². The quantitative estimate of drug-likeness (QED) is 0.546. The molecule has 1 unspecified atom stereocenters. The second-order valence-electron chi connectivity index (χ2n) is 6.77. The number of nitrogens with zero attached hydrogens (tertiary/aromatic N) is 2. The molecule has 0 fully saturated rings. The molecule has 4 rings (SSSR count). The van der Waals surface area contributed by atoms with Crippen LogP contribution >= 0.6 is 11.8 Å². The molecule has 1 amide bonds. The second kappa shape index (κ2) is 8.94. The molecule has 1 atom stereocenters. The zero-order valence-electron chi connectivity index (χ0n) is 16.6. The molecule has 0 bridgehead atoms. The lowest BCUT2D eigenvalue weighted by atomic mass is 10.2. The molecule has 0 radical (unpaired) electrons. The summed E-state index contributed by atoms with van der Waals surface area (Å²) in [7, 11) is 0. The lowest BCUT2D eigenvalue weighted by molar-refractivity contribution is -0.154. The van der Waals surface area contributed by atoms with E-state index >= 15 is 0 Å². The molecule has 6 nitrogen and oxygen atoms in total. The fourth-order valence-electron chi connectivity index (χ4n) is 3.15. The number of amides is 1.